The molecule has 96 valence electrons. The second kappa shape index (κ2) is 5.49. The fourth-order valence-electron chi connectivity index (χ4n) is 1.58. The van der Waals surface area contributed by atoms with Gasteiger partial charge in [-0.25, -0.2) is 0 Å². The highest BCUT2D eigenvalue weighted by molar-refractivity contribution is 7.80. The number of benzene rings is 2. The van der Waals surface area contributed by atoms with E-state index in [9.17, 15) is 9.90 Å². The van der Waals surface area contributed by atoms with Gasteiger partial charge < -0.3 is 16.2 Å². The number of hydrogen-bond donors (Lipinski definition) is 3. The Morgan fingerprint density at radius 1 is 1.11 bits per heavy atom. The number of hydrogen-bond acceptors (Lipinski definition) is 3. The van der Waals surface area contributed by atoms with Crippen LogP contribution in [0.15, 0.2) is 48.5 Å². The smallest absolute Gasteiger partial charge is 0.259 e. The summed E-state index contributed by atoms with van der Waals surface area (Å²) in [6.07, 6.45) is 0. The van der Waals surface area contributed by atoms with Crippen molar-refractivity contribution in [2.24, 2.45) is 5.73 Å². The average Bonchev–Trinajstić information content (AvgIpc) is 2.39. The average molecular weight is 272 g/mol. The van der Waals surface area contributed by atoms with Crippen LogP contribution in [0.2, 0.25) is 0 Å². The van der Waals surface area contributed by atoms with E-state index >= 15 is 0 Å². The summed E-state index contributed by atoms with van der Waals surface area (Å²) in [6, 6.07) is 13.2. The van der Waals surface area contributed by atoms with E-state index in [4.69, 9.17) is 18.0 Å². The number of rotatable bonds is 3. The topological polar surface area (TPSA) is 75.3 Å². The fourth-order valence-corrected chi connectivity index (χ4v) is 1.72. The van der Waals surface area contributed by atoms with Gasteiger partial charge in [-0.05, 0) is 36.4 Å². The van der Waals surface area contributed by atoms with Crippen molar-refractivity contribution in [1.82, 2.24) is 0 Å². The molecule has 0 bridgehead atoms. The zero-order valence-corrected chi connectivity index (χ0v) is 10.8. The molecule has 19 heavy (non-hydrogen) atoms. The van der Waals surface area contributed by atoms with Crippen molar-refractivity contribution in [3.8, 4) is 5.75 Å². The van der Waals surface area contributed by atoms with E-state index < -0.39 is 0 Å². The summed E-state index contributed by atoms with van der Waals surface area (Å²) in [7, 11) is 0. The van der Waals surface area contributed by atoms with Crippen LogP contribution in [0, 0.1) is 0 Å². The lowest BCUT2D eigenvalue weighted by atomic mass is 10.1. The Labute approximate surface area is 115 Å². The minimum atomic E-state index is -0.374. The first-order valence-corrected chi connectivity index (χ1v) is 5.98. The Balaban J connectivity index is 2.15. The second-order valence-corrected chi connectivity index (χ2v) is 4.35. The predicted octanol–water partition coefficient (Wildman–Crippen LogP) is 2.28. The van der Waals surface area contributed by atoms with Gasteiger partial charge in [-0.2, -0.15) is 0 Å². The van der Waals surface area contributed by atoms with Crippen LogP contribution in [0.5, 0.6) is 5.75 Å². The molecule has 0 saturated heterocycles. The number of para-hydroxylation sites is 1. The van der Waals surface area contributed by atoms with Gasteiger partial charge in [-0.3, -0.25) is 4.79 Å². The first-order chi connectivity index (χ1) is 9.08. The second-order valence-electron chi connectivity index (χ2n) is 3.91. The summed E-state index contributed by atoms with van der Waals surface area (Å²) in [5.74, 6) is -0.430. The summed E-state index contributed by atoms with van der Waals surface area (Å²) in [5.41, 5.74) is 7.05. The predicted molar refractivity (Wildman–Crippen MR) is 78.4 cm³/mol. The molecule has 0 radical (unpaired) electrons. The van der Waals surface area contributed by atoms with E-state index in [0.717, 1.165) is 5.56 Å². The molecule has 0 aromatic heterocycles. The van der Waals surface area contributed by atoms with Crippen LogP contribution >= 0.6 is 12.2 Å². The molecule has 0 aliphatic heterocycles. The van der Waals surface area contributed by atoms with E-state index in [1.807, 2.05) is 0 Å². The summed E-state index contributed by atoms with van der Waals surface area (Å²) < 4.78 is 0. The molecule has 0 heterocycles. The Morgan fingerprint density at radius 2 is 1.74 bits per heavy atom. The van der Waals surface area contributed by atoms with Gasteiger partial charge in [-0.15, -0.1) is 0 Å². The van der Waals surface area contributed by atoms with Gasteiger partial charge in [0.15, 0.2) is 0 Å². The molecule has 2 rings (SSSR count). The summed E-state index contributed by atoms with van der Waals surface area (Å²) >= 11 is 4.84. The zero-order chi connectivity index (χ0) is 13.8. The van der Waals surface area contributed by atoms with E-state index in [1.165, 1.54) is 6.07 Å². The van der Waals surface area contributed by atoms with E-state index in [1.54, 1.807) is 42.5 Å². The molecule has 0 spiro atoms. The monoisotopic (exact) mass is 272 g/mol. The molecule has 0 unspecified atom stereocenters. The van der Waals surface area contributed by atoms with Crippen molar-refractivity contribution in [3.05, 3.63) is 59.7 Å². The third-order valence-electron chi connectivity index (χ3n) is 2.58. The molecule has 4 nitrogen and oxygen atoms in total. The number of nitrogens with two attached hydrogens (primary N) is 1. The first kappa shape index (κ1) is 13.0. The standard InChI is InChI=1S/C14H12N2O2S/c15-13(19)9-5-7-10(8-6-9)16-14(18)11-3-1-2-4-12(11)17/h1-8,17H,(H2,15,19)(H,16,18). The maximum Gasteiger partial charge on any atom is 0.259 e. The highest BCUT2D eigenvalue weighted by Gasteiger charge is 2.10. The lowest BCUT2D eigenvalue weighted by Gasteiger charge is -2.07. The van der Waals surface area contributed by atoms with Crippen molar-refractivity contribution in [1.29, 1.82) is 0 Å². The van der Waals surface area contributed by atoms with Gasteiger partial charge in [0, 0.05) is 11.3 Å². The van der Waals surface area contributed by atoms with E-state index in [2.05, 4.69) is 5.32 Å². The number of nitrogens with one attached hydrogen (secondary N) is 1. The zero-order valence-electron chi connectivity index (χ0n) is 9.96. The van der Waals surface area contributed by atoms with Crippen LogP contribution in [-0.4, -0.2) is 16.0 Å². The minimum absolute atomic E-state index is 0.0558. The normalized spacial score (nSPS) is 9.89. The lowest BCUT2D eigenvalue weighted by Crippen LogP contribution is -2.13. The Kier molecular flexibility index (Phi) is 3.77. The summed E-state index contributed by atoms with van der Waals surface area (Å²) in [5, 5.41) is 12.3. The SMILES string of the molecule is NC(=S)c1ccc(NC(=O)c2ccccc2O)cc1. The molecule has 0 fully saturated rings. The molecule has 0 saturated carbocycles. The number of anilines is 1. The quantitative estimate of drug-likeness (QED) is 0.749. The Morgan fingerprint density at radius 3 is 2.32 bits per heavy atom. The highest BCUT2D eigenvalue weighted by atomic mass is 32.1. The number of thiocarbonyl (C=S) groups is 1. The molecule has 4 N–H and O–H groups in total. The summed E-state index contributed by atoms with van der Waals surface area (Å²) in [4.78, 5) is 12.2. The molecule has 1 amide bonds. The molecule has 2 aromatic rings. The van der Waals surface area contributed by atoms with Crippen LogP contribution < -0.4 is 11.1 Å². The maximum atomic E-state index is 11.9. The number of phenols is 1. The van der Waals surface area contributed by atoms with Crippen molar-refractivity contribution < 1.29 is 9.90 Å². The van der Waals surface area contributed by atoms with Crippen LogP contribution in [-0.2, 0) is 0 Å². The van der Waals surface area contributed by atoms with Gasteiger partial charge in [0.2, 0.25) is 0 Å². The van der Waals surface area contributed by atoms with Crippen molar-refractivity contribution >= 4 is 28.8 Å². The molecule has 2 aromatic carbocycles. The van der Waals surface area contributed by atoms with Crippen LogP contribution in [0.25, 0.3) is 0 Å². The molecule has 0 aliphatic carbocycles. The van der Waals surface area contributed by atoms with Gasteiger partial charge in [0.05, 0.1) is 5.56 Å². The molecule has 0 atom stereocenters. The summed E-state index contributed by atoms with van der Waals surface area (Å²) in [6.45, 7) is 0. The number of phenolic OH excluding ortho intramolecular Hbond substituents is 1. The van der Waals surface area contributed by atoms with Gasteiger partial charge >= 0.3 is 0 Å². The van der Waals surface area contributed by atoms with Gasteiger partial charge in [0.1, 0.15) is 10.7 Å². The van der Waals surface area contributed by atoms with Crippen molar-refractivity contribution in [3.63, 3.8) is 0 Å². The van der Waals surface area contributed by atoms with Crippen molar-refractivity contribution in [2.45, 2.75) is 0 Å². The Hall–Kier alpha value is -2.40. The number of aromatic hydroxyl groups is 1. The lowest BCUT2D eigenvalue weighted by molar-refractivity contribution is 0.102. The molecular weight excluding hydrogens is 260 g/mol. The van der Waals surface area contributed by atoms with Gasteiger partial charge in [0.25, 0.3) is 5.91 Å². The third-order valence-corrected chi connectivity index (χ3v) is 2.81. The molecular formula is C14H12N2O2S. The third kappa shape index (κ3) is 3.08. The number of amides is 1. The number of carbonyl (C=O) groups is 1. The maximum absolute atomic E-state index is 11.9. The fraction of sp³-hybridized carbons (Fsp3) is 0. The Bertz CT molecular complexity index is 624. The van der Waals surface area contributed by atoms with Crippen LogP contribution in [0.1, 0.15) is 15.9 Å². The largest absolute Gasteiger partial charge is 0.507 e. The molecule has 5 heteroatoms. The van der Waals surface area contributed by atoms with Crippen LogP contribution in [0.4, 0.5) is 5.69 Å². The minimum Gasteiger partial charge on any atom is -0.507 e. The highest BCUT2D eigenvalue weighted by Crippen LogP contribution is 2.18. The van der Waals surface area contributed by atoms with E-state index in [0.29, 0.717) is 10.7 Å². The van der Waals surface area contributed by atoms with Crippen LogP contribution in [0.3, 0.4) is 0 Å². The van der Waals surface area contributed by atoms with E-state index in [-0.39, 0.29) is 17.2 Å². The first-order valence-electron chi connectivity index (χ1n) is 5.57. The van der Waals surface area contributed by atoms with Gasteiger partial charge in [-0.1, -0.05) is 24.4 Å². The van der Waals surface area contributed by atoms with Crippen molar-refractivity contribution in [2.75, 3.05) is 5.32 Å². The molecule has 0 aliphatic rings. The number of carbonyl (C=O) groups excluding carboxylic acids is 1.